The van der Waals surface area contributed by atoms with Gasteiger partial charge in [-0.3, -0.25) is 4.79 Å². The first kappa shape index (κ1) is 19.8. The Hall–Kier alpha value is -2.51. The highest BCUT2D eigenvalue weighted by Crippen LogP contribution is 2.31. The van der Waals surface area contributed by atoms with Gasteiger partial charge in [0.25, 0.3) is 5.91 Å². The smallest absolute Gasteiger partial charge is 0.253 e. The number of hydrogen-bond donors (Lipinski definition) is 0. The molecule has 0 aliphatic carbocycles. The van der Waals surface area contributed by atoms with Crippen LogP contribution in [0.3, 0.4) is 0 Å². The molecule has 29 heavy (non-hydrogen) atoms. The highest BCUT2D eigenvalue weighted by Gasteiger charge is 2.34. The topological polar surface area (TPSA) is 54.5 Å². The number of carbonyl (C=O) groups is 1. The van der Waals surface area contributed by atoms with Crippen molar-refractivity contribution in [1.29, 1.82) is 0 Å². The Balaban J connectivity index is 1.53. The fourth-order valence-corrected chi connectivity index (χ4v) is 6.17. The summed E-state index contributed by atoms with van der Waals surface area (Å²) in [5.74, 6) is -0.900. The number of sulfone groups is 1. The summed E-state index contributed by atoms with van der Waals surface area (Å²) in [6.45, 7) is 0.378. The van der Waals surface area contributed by atoms with Crippen LogP contribution < -0.4 is 0 Å². The Morgan fingerprint density at radius 2 is 1.76 bits per heavy atom. The van der Waals surface area contributed by atoms with Gasteiger partial charge in [-0.15, -0.1) is 11.3 Å². The summed E-state index contributed by atoms with van der Waals surface area (Å²) in [5.41, 5.74) is 1.74. The standard InChI is InChI=1S/C22H20FNO3S2/c23-19-5-2-1-4-18(19)21-11-12-24(13-15-29(21,26)27)22(25)17-9-7-16(8-10-17)20-6-3-14-28-20/h1-10,14,21H,11-13,15H2. The van der Waals surface area contributed by atoms with Crippen LogP contribution in [-0.4, -0.2) is 38.1 Å². The van der Waals surface area contributed by atoms with Gasteiger partial charge in [-0.05, 0) is 41.6 Å². The Morgan fingerprint density at radius 1 is 1.00 bits per heavy atom. The summed E-state index contributed by atoms with van der Waals surface area (Å²) in [4.78, 5) is 15.6. The van der Waals surface area contributed by atoms with Gasteiger partial charge in [0.1, 0.15) is 5.82 Å². The zero-order chi connectivity index (χ0) is 20.4. The van der Waals surface area contributed by atoms with Gasteiger partial charge in [0.2, 0.25) is 0 Å². The van der Waals surface area contributed by atoms with Crippen LogP contribution in [0.4, 0.5) is 4.39 Å². The van der Waals surface area contributed by atoms with Gasteiger partial charge < -0.3 is 4.90 Å². The van der Waals surface area contributed by atoms with E-state index in [9.17, 15) is 17.6 Å². The quantitative estimate of drug-likeness (QED) is 0.614. The first-order valence-electron chi connectivity index (χ1n) is 9.35. The van der Waals surface area contributed by atoms with E-state index in [0.29, 0.717) is 5.56 Å². The van der Waals surface area contributed by atoms with E-state index in [0.717, 1.165) is 10.4 Å². The lowest BCUT2D eigenvalue weighted by atomic mass is 10.1. The van der Waals surface area contributed by atoms with Gasteiger partial charge >= 0.3 is 0 Å². The molecular weight excluding hydrogens is 409 g/mol. The third kappa shape index (κ3) is 4.11. The number of carbonyl (C=O) groups excluding carboxylic acids is 1. The van der Waals surface area contributed by atoms with Crippen molar-refractivity contribution in [2.75, 3.05) is 18.8 Å². The normalized spacial score (nSPS) is 18.9. The number of thiophene rings is 1. The highest BCUT2D eigenvalue weighted by atomic mass is 32.2. The van der Waals surface area contributed by atoms with E-state index in [2.05, 4.69) is 0 Å². The number of hydrogen-bond acceptors (Lipinski definition) is 4. The number of halogens is 1. The Kier molecular flexibility index (Phi) is 5.52. The number of rotatable bonds is 3. The average Bonchev–Trinajstić information content (AvgIpc) is 3.21. The molecule has 4 nitrogen and oxygen atoms in total. The zero-order valence-electron chi connectivity index (χ0n) is 15.6. The summed E-state index contributed by atoms with van der Waals surface area (Å²) in [5, 5.41) is 1.07. The van der Waals surface area contributed by atoms with Crippen LogP contribution in [0.15, 0.2) is 66.0 Å². The Labute approximate surface area is 173 Å². The van der Waals surface area contributed by atoms with Crippen LogP contribution in [-0.2, 0) is 9.84 Å². The third-order valence-electron chi connectivity index (χ3n) is 5.22. The minimum absolute atomic E-state index is 0.110. The van der Waals surface area contributed by atoms with E-state index in [-0.39, 0.29) is 36.7 Å². The minimum Gasteiger partial charge on any atom is -0.338 e. The molecule has 1 fully saturated rings. The second kappa shape index (κ2) is 8.08. The van der Waals surface area contributed by atoms with Gasteiger partial charge in [0, 0.05) is 29.1 Å². The lowest BCUT2D eigenvalue weighted by molar-refractivity contribution is 0.0766. The molecule has 1 unspecified atom stereocenters. The lowest BCUT2D eigenvalue weighted by Crippen LogP contribution is -2.33. The molecule has 4 rings (SSSR count). The van der Waals surface area contributed by atoms with Gasteiger partial charge in [-0.1, -0.05) is 36.4 Å². The molecule has 3 aromatic rings. The largest absolute Gasteiger partial charge is 0.338 e. The fourth-order valence-electron chi connectivity index (χ4n) is 3.63. The van der Waals surface area contributed by atoms with E-state index in [1.807, 2.05) is 29.6 Å². The molecule has 1 aliphatic heterocycles. The maximum Gasteiger partial charge on any atom is 0.253 e. The minimum atomic E-state index is -3.55. The summed E-state index contributed by atoms with van der Waals surface area (Å²) in [6, 6.07) is 17.3. The molecule has 2 heterocycles. The average molecular weight is 430 g/mol. The molecular formula is C22H20FNO3S2. The van der Waals surface area contributed by atoms with Crippen LogP contribution in [0.5, 0.6) is 0 Å². The summed E-state index contributed by atoms with van der Waals surface area (Å²) in [7, 11) is -3.55. The van der Waals surface area contributed by atoms with Crippen LogP contribution in [0.1, 0.15) is 27.6 Å². The number of benzene rings is 2. The van der Waals surface area contributed by atoms with Gasteiger partial charge in [0.05, 0.1) is 11.0 Å². The van der Waals surface area contributed by atoms with Crippen molar-refractivity contribution in [1.82, 2.24) is 4.90 Å². The van der Waals surface area contributed by atoms with E-state index < -0.39 is 20.9 Å². The van der Waals surface area contributed by atoms with Crippen molar-refractivity contribution >= 4 is 27.1 Å². The van der Waals surface area contributed by atoms with Crippen LogP contribution in [0.2, 0.25) is 0 Å². The second-order valence-corrected chi connectivity index (χ2v) is 10.3. The van der Waals surface area contributed by atoms with Crippen molar-refractivity contribution in [3.05, 3.63) is 83.0 Å². The molecule has 2 aromatic carbocycles. The summed E-state index contributed by atoms with van der Waals surface area (Å²) < 4.78 is 39.6. The molecule has 1 aromatic heterocycles. The maximum absolute atomic E-state index is 14.2. The molecule has 0 radical (unpaired) electrons. The SMILES string of the molecule is O=C(c1ccc(-c2cccs2)cc1)N1CCC(c2ccccc2F)S(=O)(=O)CC1. The molecule has 0 bridgehead atoms. The van der Waals surface area contributed by atoms with Crippen molar-refractivity contribution in [3.63, 3.8) is 0 Å². The van der Waals surface area contributed by atoms with Gasteiger partial charge in [-0.25, -0.2) is 12.8 Å². The number of amides is 1. The monoisotopic (exact) mass is 429 g/mol. The molecule has 1 amide bonds. The Bertz CT molecular complexity index is 1110. The first-order valence-corrected chi connectivity index (χ1v) is 11.9. The second-order valence-electron chi connectivity index (χ2n) is 7.01. The molecule has 7 heteroatoms. The molecule has 150 valence electrons. The van der Waals surface area contributed by atoms with E-state index in [4.69, 9.17) is 0 Å². The third-order valence-corrected chi connectivity index (χ3v) is 8.24. The zero-order valence-corrected chi connectivity index (χ0v) is 17.3. The van der Waals surface area contributed by atoms with E-state index in [1.54, 1.807) is 34.4 Å². The molecule has 0 saturated carbocycles. The van der Waals surface area contributed by atoms with Gasteiger partial charge in [-0.2, -0.15) is 0 Å². The van der Waals surface area contributed by atoms with Crippen molar-refractivity contribution in [2.45, 2.75) is 11.7 Å². The van der Waals surface area contributed by atoms with Crippen molar-refractivity contribution < 1.29 is 17.6 Å². The highest BCUT2D eigenvalue weighted by molar-refractivity contribution is 7.91. The van der Waals surface area contributed by atoms with E-state index in [1.165, 1.54) is 18.2 Å². The molecule has 0 N–H and O–H groups in total. The van der Waals surface area contributed by atoms with Crippen molar-refractivity contribution in [3.8, 4) is 10.4 Å². The molecule has 1 saturated heterocycles. The van der Waals surface area contributed by atoms with Crippen LogP contribution in [0.25, 0.3) is 10.4 Å². The van der Waals surface area contributed by atoms with Gasteiger partial charge in [0.15, 0.2) is 9.84 Å². The van der Waals surface area contributed by atoms with Crippen LogP contribution >= 0.6 is 11.3 Å². The number of nitrogens with zero attached hydrogens (tertiary/aromatic N) is 1. The Morgan fingerprint density at radius 3 is 2.45 bits per heavy atom. The molecule has 1 atom stereocenters. The van der Waals surface area contributed by atoms with Crippen LogP contribution in [0, 0.1) is 5.82 Å². The predicted octanol–water partition coefficient (Wildman–Crippen LogP) is 4.56. The molecule has 1 aliphatic rings. The fraction of sp³-hybridized carbons (Fsp3) is 0.227. The van der Waals surface area contributed by atoms with E-state index >= 15 is 0 Å². The molecule has 0 spiro atoms. The maximum atomic E-state index is 14.2. The first-order chi connectivity index (χ1) is 14.0. The summed E-state index contributed by atoms with van der Waals surface area (Å²) >= 11 is 1.63. The van der Waals surface area contributed by atoms with Crippen molar-refractivity contribution in [2.24, 2.45) is 0 Å². The lowest BCUT2D eigenvalue weighted by Gasteiger charge is -2.20. The summed E-state index contributed by atoms with van der Waals surface area (Å²) in [6.07, 6.45) is 0.183. The predicted molar refractivity (Wildman–Crippen MR) is 113 cm³/mol.